The van der Waals surface area contributed by atoms with Gasteiger partial charge in [-0.1, -0.05) is 0 Å². The lowest BCUT2D eigenvalue weighted by Crippen LogP contribution is -2.26. The first-order valence-electron chi connectivity index (χ1n) is 7.30. The molecular formula is C16H18FN3O2. The van der Waals surface area contributed by atoms with Gasteiger partial charge in [-0.15, -0.1) is 0 Å². The zero-order valence-electron chi connectivity index (χ0n) is 12.6. The van der Waals surface area contributed by atoms with Crippen molar-refractivity contribution in [2.24, 2.45) is 0 Å². The summed E-state index contributed by atoms with van der Waals surface area (Å²) in [4.78, 5) is 12.0. The third-order valence-electron chi connectivity index (χ3n) is 3.68. The second-order valence-corrected chi connectivity index (χ2v) is 5.50. The molecule has 1 N–H and O–H groups in total. The van der Waals surface area contributed by atoms with Crippen LogP contribution in [0.4, 0.5) is 10.1 Å². The molecular weight excluding hydrogens is 285 g/mol. The number of anilines is 1. The van der Waals surface area contributed by atoms with Gasteiger partial charge in [-0.25, -0.2) is 9.07 Å². The number of halogens is 1. The minimum absolute atomic E-state index is 0.226. The molecule has 0 aliphatic carbocycles. The van der Waals surface area contributed by atoms with Crippen LogP contribution in [0.5, 0.6) is 0 Å². The lowest BCUT2D eigenvalue weighted by atomic mass is 10.2. The van der Waals surface area contributed by atoms with Crippen LogP contribution in [0.3, 0.4) is 0 Å². The molecule has 2 heterocycles. The first-order valence-corrected chi connectivity index (χ1v) is 7.30. The number of nitrogens with zero attached hydrogens (tertiary/aromatic N) is 2. The number of carbonyl (C=O) groups excluding carboxylic acids is 1. The van der Waals surface area contributed by atoms with Crippen molar-refractivity contribution >= 4 is 11.6 Å². The minimum Gasteiger partial charge on any atom is -0.368 e. The molecule has 5 nitrogen and oxygen atoms in total. The van der Waals surface area contributed by atoms with Gasteiger partial charge in [0.25, 0.3) is 5.91 Å². The van der Waals surface area contributed by atoms with Crippen LogP contribution in [-0.2, 0) is 9.53 Å². The molecule has 0 unspecified atom stereocenters. The molecule has 1 aliphatic heterocycles. The van der Waals surface area contributed by atoms with Crippen LogP contribution in [-0.4, -0.2) is 28.4 Å². The number of rotatable bonds is 3. The monoisotopic (exact) mass is 303 g/mol. The number of nitrogens with one attached hydrogen (secondary N) is 1. The molecule has 1 amide bonds. The standard InChI is InChI=1S/C16H18FN3O2/c1-10-8-11(2)20(19-10)14-6-5-12(9-13(14)17)18-16(21)15-4-3-7-22-15/h5-6,8-9,15H,3-4,7H2,1-2H3,(H,18,21)/t15-/m0/s1. The highest BCUT2D eigenvalue weighted by molar-refractivity contribution is 5.94. The maximum Gasteiger partial charge on any atom is 0.253 e. The Morgan fingerprint density at radius 2 is 2.23 bits per heavy atom. The van der Waals surface area contributed by atoms with E-state index in [1.165, 1.54) is 6.07 Å². The summed E-state index contributed by atoms with van der Waals surface area (Å²) in [6, 6.07) is 6.47. The Bertz CT molecular complexity index is 705. The Balaban J connectivity index is 1.80. The van der Waals surface area contributed by atoms with Gasteiger partial charge in [-0.2, -0.15) is 5.10 Å². The predicted octanol–water partition coefficient (Wildman–Crippen LogP) is 2.75. The SMILES string of the molecule is Cc1cc(C)n(-c2ccc(NC(=O)[C@@H]3CCCO3)cc2F)n1. The van der Waals surface area contributed by atoms with E-state index in [1.54, 1.807) is 16.8 Å². The van der Waals surface area contributed by atoms with E-state index in [2.05, 4.69) is 10.4 Å². The molecule has 0 saturated carbocycles. The van der Waals surface area contributed by atoms with Crippen molar-refractivity contribution in [3.05, 3.63) is 41.5 Å². The topological polar surface area (TPSA) is 56.2 Å². The zero-order valence-corrected chi connectivity index (χ0v) is 12.6. The summed E-state index contributed by atoms with van der Waals surface area (Å²) in [6.07, 6.45) is 1.15. The van der Waals surface area contributed by atoms with Gasteiger partial charge in [0.2, 0.25) is 0 Å². The average molecular weight is 303 g/mol. The molecule has 1 aromatic heterocycles. The second kappa shape index (κ2) is 5.88. The lowest BCUT2D eigenvalue weighted by molar-refractivity contribution is -0.124. The molecule has 1 fully saturated rings. The van der Waals surface area contributed by atoms with Gasteiger partial charge in [0.05, 0.1) is 5.69 Å². The summed E-state index contributed by atoms with van der Waals surface area (Å²) >= 11 is 0. The molecule has 6 heteroatoms. The summed E-state index contributed by atoms with van der Waals surface area (Å²) in [6.45, 7) is 4.33. The van der Waals surface area contributed by atoms with Crippen molar-refractivity contribution in [1.29, 1.82) is 0 Å². The first-order chi connectivity index (χ1) is 10.5. The van der Waals surface area contributed by atoms with Crippen molar-refractivity contribution in [2.75, 3.05) is 11.9 Å². The van der Waals surface area contributed by atoms with Crippen molar-refractivity contribution in [3.63, 3.8) is 0 Å². The summed E-state index contributed by atoms with van der Waals surface area (Å²) in [5.74, 6) is -0.660. The van der Waals surface area contributed by atoms with E-state index in [1.807, 2.05) is 19.9 Å². The van der Waals surface area contributed by atoms with E-state index in [0.717, 1.165) is 17.8 Å². The molecule has 1 aliphatic rings. The van der Waals surface area contributed by atoms with Crippen LogP contribution in [0.2, 0.25) is 0 Å². The van der Waals surface area contributed by atoms with Crippen LogP contribution in [0.1, 0.15) is 24.2 Å². The zero-order chi connectivity index (χ0) is 15.7. The molecule has 0 bridgehead atoms. The minimum atomic E-state index is -0.434. The highest BCUT2D eigenvalue weighted by Gasteiger charge is 2.23. The van der Waals surface area contributed by atoms with E-state index in [-0.39, 0.29) is 5.91 Å². The number of hydrogen-bond donors (Lipinski definition) is 1. The third-order valence-corrected chi connectivity index (χ3v) is 3.68. The number of ether oxygens (including phenoxy) is 1. The summed E-state index contributed by atoms with van der Waals surface area (Å²) in [7, 11) is 0. The van der Waals surface area contributed by atoms with Gasteiger partial charge in [0.1, 0.15) is 11.8 Å². The Morgan fingerprint density at radius 1 is 1.41 bits per heavy atom. The molecule has 3 rings (SSSR count). The van der Waals surface area contributed by atoms with Gasteiger partial charge in [-0.3, -0.25) is 4.79 Å². The van der Waals surface area contributed by atoms with Crippen LogP contribution in [0.25, 0.3) is 5.69 Å². The van der Waals surface area contributed by atoms with Gasteiger partial charge in [-0.05, 0) is 51.0 Å². The van der Waals surface area contributed by atoms with Crippen LogP contribution >= 0.6 is 0 Å². The Labute approximate surface area is 128 Å². The van der Waals surface area contributed by atoms with Crippen LogP contribution in [0.15, 0.2) is 24.3 Å². The van der Waals surface area contributed by atoms with E-state index in [0.29, 0.717) is 24.4 Å². The fourth-order valence-corrected chi connectivity index (χ4v) is 2.64. The largest absolute Gasteiger partial charge is 0.368 e. The summed E-state index contributed by atoms with van der Waals surface area (Å²) < 4.78 is 21.2. The van der Waals surface area contributed by atoms with Crippen molar-refractivity contribution in [1.82, 2.24) is 9.78 Å². The van der Waals surface area contributed by atoms with E-state index in [4.69, 9.17) is 4.74 Å². The smallest absolute Gasteiger partial charge is 0.253 e. The van der Waals surface area contributed by atoms with Crippen molar-refractivity contribution in [2.45, 2.75) is 32.8 Å². The molecule has 2 aromatic rings. The summed E-state index contributed by atoms with van der Waals surface area (Å²) in [5.41, 5.74) is 2.46. The molecule has 116 valence electrons. The molecule has 1 aromatic carbocycles. The normalized spacial score (nSPS) is 17.7. The Hall–Kier alpha value is -2.21. The van der Waals surface area contributed by atoms with Crippen LogP contribution in [0, 0.1) is 19.7 Å². The maximum atomic E-state index is 14.3. The van der Waals surface area contributed by atoms with Crippen LogP contribution < -0.4 is 5.32 Å². The number of benzene rings is 1. The number of hydrogen-bond acceptors (Lipinski definition) is 3. The second-order valence-electron chi connectivity index (χ2n) is 5.50. The lowest BCUT2D eigenvalue weighted by Gasteiger charge is -2.12. The number of amides is 1. The molecule has 1 atom stereocenters. The number of aromatic nitrogens is 2. The van der Waals surface area contributed by atoms with E-state index in [9.17, 15) is 9.18 Å². The molecule has 0 radical (unpaired) electrons. The van der Waals surface area contributed by atoms with E-state index >= 15 is 0 Å². The highest BCUT2D eigenvalue weighted by atomic mass is 19.1. The Morgan fingerprint density at radius 3 is 2.82 bits per heavy atom. The Kier molecular flexibility index (Phi) is 3.94. The highest BCUT2D eigenvalue weighted by Crippen LogP contribution is 2.21. The number of aryl methyl sites for hydroxylation is 2. The van der Waals surface area contributed by atoms with Gasteiger partial charge in [0, 0.05) is 18.0 Å². The van der Waals surface area contributed by atoms with Crippen molar-refractivity contribution in [3.8, 4) is 5.69 Å². The molecule has 1 saturated heterocycles. The quantitative estimate of drug-likeness (QED) is 0.948. The van der Waals surface area contributed by atoms with Gasteiger partial charge in [0.15, 0.2) is 5.82 Å². The van der Waals surface area contributed by atoms with E-state index < -0.39 is 11.9 Å². The third kappa shape index (κ3) is 2.87. The summed E-state index contributed by atoms with van der Waals surface area (Å²) in [5, 5.41) is 6.95. The van der Waals surface area contributed by atoms with Gasteiger partial charge < -0.3 is 10.1 Å². The molecule has 0 spiro atoms. The first kappa shape index (κ1) is 14.7. The number of carbonyl (C=O) groups is 1. The van der Waals surface area contributed by atoms with Crippen molar-refractivity contribution < 1.29 is 13.9 Å². The predicted molar refractivity (Wildman–Crippen MR) is 80.6 cm³/mol. The van der Waals surface area contributed by atoms with Gasteiger partial charge >= 0.3 is 0 Å². The fourth-order valence-electron chi connectivity index (χ4n) is 2.64. The average Bonchev–Trinajstić information content (AvgIpc) is 3.09. The molecule has 22 heavy (non-hydrogen) atoms. The maximum absolute atomic E-state index is 14.3. The fraction of sp³-hybridized carbons (Fsp3) is 0.375.